The number of hydrogen-bond donors (Lipinski definition) is 1. The average molecular weight is 243 g/mol. The molecule has 0 aromatic carbocycles. The third-order valence-corrected chi connectivity index (χ3v) is 3.46. The van der Waals surface area contributed by atoms with E-state index in [1.807, 2.05) is 0 Å². The first-order valence-electron chi connectivity index (χ1n) is 6.71. The lowest BCUT2D eigenvalue weighted by Crippen LogP contribution is -2.39. The molecule has 1 aliphatic heterocycles. The highest BCUT2D eigenvalue weighted by Crippen LogP contribution is 2.20. The Bertz CT molecular complexity index is 225. The maximum atomic E-state index is 11.2. The quantitative estimate of drug-likeness (QED) is 0.717. The van der Waals surface area contributed by atoms with Crippen LogP contribution in [0.2, 0.25) is 0 Å². The van der Waals surface area contributed by atoms with Gasteiger partial charge < -0.3 is 14.7 Å². The van der Waals surface area contributed by atoms with Crippen LogP contribution in [-0.2, 0) is 9.53 Å². The number of β-amino-alcohol motifs (C(OH)–C–C–N with tert-alkyl or cyclic N) is 1. The summed E-state index contributed by atoms with van der Waals surface area (Å²) in [7, 11) is 0. The predicted molar refractivity (Wildman–Crippen MR) is 66.7 cm³/mol. The average Bonchev–Trinajstić information content (AvgIpc) is 2.30. The molecule has 0 spiro atoms. The number of esters is 1. The highest BCUT2D eigenvalue weighted by atomic mass is 16.5. The second kappa shape index (κ2) is 7.67. The summed E-state index contributed by atoms with van der Waals surface area (Å²) in [4.78, 5) is 13.4. The van der Waals surface area contributed by atoms with Gasteiger partial charge in [-0.05, 0) is 38.8 Å². The van der Waals surface area contributed by atoms with Gasteiger partial charge in [-0.3, -0.25) is 4.79 Å². The van der Waals surface area contributed by atoms with Crippen LogP contribution >= 0.6 is 0 Å². The van der Waals surface area contributed by atoms with Crippen molar-refractivity contribution in [3.05, 3.63) is 0 Å². The number of ether oxygens (including phenoxy) is 1. The van der Waals surface area contributed by atoms with Crippen LogP contribution in [-0.4, -0.2) is 48.3 Å². The van der Waals surface area contributed by atoms with Crippen molar-refractivity contribution in [2.45, 2.75) is 45.6 Å². The lowest BCUT2D eigenvalue weighted by molar-refractivity contribution is -0.145. The number of likely N-dealkylation sites (tertiary alicyclic amines) is 1. The fourth-order valence-corrected chi connectivity index (χ4v) is 2.35. The zero-order valence-corrected chi connectivity index (χ0v) is 11.0. The minimum Gasteiger partial charge on any atom is -0.466 e. The molecule has 1 atom stereocenters. The van der Waals surface area contributed by atoms with Gasteiger partial charge in [0, 0.05) is 6.54 Å². The molecular formula is C13H25NO3. The van der Waals surface area contributed by atoms with E-state index < -0.39 is 6.10 Å². The summed E-state index contributed by atoms with van der Waals surface area (Å²) in [5.41, 5.74) is 0. The Morgan fingerprint density at radius 3 is 2.59 bits per heavy atom. The number of piperidine rings is 1. The Labute approximate surface area is 104 Å². The van der Waals surface area contributed by atoms with Crippen molar-refractivity contribution in [1.29, 1.82) is 0 Å². The number of aliphatic hydroxyl groups excluding tert-OH is 1. The van der Waals surface area contributed by atoms with Crippen molar-refractivity contribution in [3.8, 4) is 0 Å². The maximum absolute atomic E-state index is 11.2. The van der Waals surface area contributed by atoms with Gasteiger partial charge in [0.25, 0.3) is 0 Å². The van der Waals surface area contributed by atoms with Gasteiger partial charge in [-0.1, -0.05) is 13.3 Å². The van der Waals surface area contributed by atoms with Gasteiger partial charge in [0.2, 0.25) is 0 Å². The van der Waals surface area contributed by atoms with Crippen molar-refractivity contribution in [2.24, 2.45) is 5.92 Å². The zero-order chi connectivity index (χ0) is 12.7. The largest absolute Gasteiger partial charge is 0.466 e. The normalized spacial score (nSPS) is 20.2. The molecule has 1 N–H and O–H groups in total. The van der Waals surface area contributed by atoms with Gasteiger partial charge in [-0.25, -0.2) is 0 Å². The van der Waals surface area contributed by atoms with E-state index in [-0.39, 0.29) is 12.4 Å². The minimum atomic E-state index is -0.591. The molecule has 0 radical (unpaired) electrons. The SMILES string of the molecule is CCOC(=O)CC(O)CN1CCC(CC)CC1. The van der Waals surface area contributed by atoms with Crippen LogP contribution < -0.4 is 0 Å². The fourth-order valence-electron chi connectivity index (χ4n) is 2.35. The number of aliphatic hydroxyl groups is 1. The molecule has 100 valence electrons. The molecular weight excluding hydrogens is 218 g/mol. The molecule has 0 amide bonds. The monoisotopic (exact) mass is 243 g/mol. The van der Waals surface area contributed by atoms with Gasteiger partial charge in [-0.15, -0.1) is 0 Å². The number of carbonyl (C=O) groups is 1. The molecule has 0 aromatic heterocycles. The molecule has 0 aromatic rings. The summed E-state index contributed by atoms with van der Waals surface area (Å²) >= 11 is 0. The summed E-state index contributed by atoms with van der Waals surface area (Å²) in [6, 6.07) is 0. The fraction of sp³-hybridized carbons (Fsp3) is 0.923. The highest BCUT2D eigenvalue weighted by Gasteiger charge is 2.21. The zero-order valence-electron chi connectivity index (χ0n) is 11.0. The molecule has 4 heteroatoms. The van der Waals surface area contributed by atoms with E-state index in [1.54, 1.807) is 6.92 Å². The summed E-state index contributed by atoms with van der Waals surface area (Å²) in [5.74, 6) is 0.539. The van der Waals surface area contributed by atoms with Crippen molar-refractivity contribution >= 4 is 5.97 Å². The lowest BCUT2D eigenvalue weighted by atomic mass is 9.94. The smallest absolute Gasteiger partial charge is 0.308 e. The molecule has 0 aliphatic carbocycles. The van der Waals surface area contributed by atoms with Crippen LogP contribution in [0, 0.1) is 5.92 Å². The third kappa shape index (κ3) is 5.50. The molecule has 1 rings (SSSR count). The number of carbonyl (C=O) groups excluding carboxylic acids is 1. The van der Waals surface area contributed by atoms with Crippen LogP contribution in [0.4, 0.5) is 0 Å². The van der Waals surface area contributed by atoms with E-state index in [4.69, 9.17) is 4.74 Å². The summed E-state index contributed by atoms with van der Waals surface area (Å²) < 4.78 is 4.82. The predicted octanol–water partition coefficient (Wildman–Crippen LogP) is 1.42. The van der Waals surface area contributed by atoms with E-state index in [0.717, 1.165) is 19.0 Å². The van der Waals surface area contributed by atoms with E-state index in [9.17, 15) is 9.90 Å². The first-order chi connectivity index (χ1) is 8.15. The first kappa shape index (κ1) is 14.5. The van der Waals surface area contributed by atoms with Gasteiger partial charge in [-0.2, -0.15) is 0 Å². The standard InChI is InChI=1S/C13H25NO3/c1-3-11-5-7-14(8-6-11)10-12(15)9-13(16)17-4-2/h11-12,15H,3-10H2,1-2H3. The van der Waals surface area contributed by atoms with Crippen LogP contribution in [0.15, 0.2) is 0 Å². The van der Waals surface area contributed by atoms with Crippen LogP contribution in [0.3, 0.4) is 0 Å². The molecule has 1 unspecified atom stereocenters. The second-order valence-corrected chi connectivity index (χ2v) is 4.82. The summed E-state index contributed by atoms with van der Waals surface area (Å²) in [6.07, 6.45) is 3.19. The Hall–Kier alpha value is -0.610. The maximum Gasteiger partial charge on any atom is 0.308 e. The van der Waals surface area contributed by atoms with E-state index in [0.29, 0.717) is 13.2 Å². The molecule has 0 saturated carbocycles. The Morgan fingerprint density at radius 2 is 2.06 bits per heavy atom. The summed E-state index contributed by atoms with van der Waals surface area (Å²) in [6.45, 7) is 7.06. The highest BCUT2D eigenvalue weighted by molar-refractivity contribution is 5.69. The van der Waals surface area contributed by atoms with Crippen molar-refractivity contribution in [2.75, 3.05) is 26.2 Å². The van der Waals surface area contributed by atoms with Crippen molar-refractivity contribution in [1.82, 2.24) is 4.90 Å². The van der Waals surface area contributed by atoms with E-state index in [1.165, 1.54) is 19.3 Å². The summed E-state index contributed by atoms with van der Waals surface area (Å²) in [5, 5.41) is 9.78. The Kier molecular flexibility index (Phi) is 6.52. The Morgan fingerprint density at radius 1 is 1.41 bits per heavy atom. The minimum absolute atomic E-state index is 0.113. The van der Waals surface area contributed by atoms with Gasteiger partial charge in [0.05, 0.1) is 19.1 Å². The van der Waals surface area contributed by atoms with Crippen molar-refractivity contribution < 1.29 is 14.6 Å². The van der Waals surface area contributed by atoms with Crippen LogP contribution in [0.25, 0.3) is 0 Å². The number of rotatable bonds is 6. The third-order valence-electron chi connectivity index (χ3n) is 3.46. The van der Waals surface area contributed by atoms with Crippen LogP contribution in [0.1, 0.15) is 39.5 Å². The van der Waals surface area contributed by atoms with Gasteiger partial charge >= 0.3 is 5.97 Å². The molecule has 17 heavy (non-hydrogen) atoms. The van der Waals surface area contributed by atoms with E-state index >= 15 is 0 Å². The molecule has 1 fully saturated rings. The lowest BCUT2D eigenvalue weighted by Gasteiger charge is -2.32. The van der Waals surface area contributed by atoms with Gasteiger partial charge in [0.15, 0.2) is 0 Å². The topological polar surface area (TPSA) is 49.8 Å². The molecule has 1 heterocycles. The second-order valence-electron chi connectivity index (χ2n) is 4.82. The van der Waals surface area contributed by atoms with Crippen molar-refractivity contribution in [3.63, 3.8) is 0 Å². The molecule has 1 saturated heterocycles. The first-order valence-corrected chi connectivity index (χ1v) is 6.71. The number of hydrogen-bond acceptors (Lipinski definition) is 4. The molecule has 1 aliphatic rings. The van der Waals surface area contributed by atoms with Gasteiger partial charge in [0.1, 0.15) is 0 Å². The molecule has 0 bridgehead atoms. The van der Waals surface area contributed by atoms with Crippen LogP contribution in [0.5, 0.6) is 0 Å². The Balaban J connectivity index is 2.18. The molecule has 4 nitrogen and oxygen atoms in total. The number of nitrogens with zero attached hydrogens (tertiary/aromatic N) is 1. The van der Waals surface area contributed by atoms with E-state index in [2.05, 4.69) is 11.8 Å².